The van der Waals surface area contributed by atoms with Gasteiger partial charge in [0.25, 0.3) is 0 Å². The van der Waals surface area contributed by atoms with E-state index in [4.69, 9.17) is 14.5 Å². The van der Waals surface area contributed by atoms with Gasteiger partial charge in [0.1, 0.15) is 17.8 Å². The van der Waals surface area contributed by atoms with Gasteiger partial charge in [-0.3, -0.25) is 4.79 Å². The van der Waals surface area contributed by atoms with Gasteiger partial charge in [0, 0.05) is 62.7 Å². The molecule has 4 saturated heterocycles. The highest BCUT2D eigenvalue weighted by Gasteiger charge is 2.43. The number of fused-ring (bicyclic) bond motifs is 1. The molecule has 1 amide bonds. The monoisotopic (exact) mass is 665 g/mol. The zero-order chi connectivity index (χ0) is 32.7. The van der Waals surface area contributed by atoms with E-state index in [1.807, 2.05) is 22.1 Å². The van der Waals surface area contributed by atoms with E-state index in [-0.39, 0.29) is 43.4 Å². The van der Waals surface area contributed by atoms with Crippen LogP contribution in [0.15, 0.2) is 49.3 Å². The van der Waals surface area contributed by atoms with Crippen LogP contribution < -0.4 is 15.1 Å². The number of halogens is 1. The summed E-state index contributed by atoms with van der Waals surface area (Å²) >= 11 is 0. The first-order valence-electron chi connectivity index (χ1n) is 16.2. The van der Waals surface area contributed by atoms with E-state index in [0.717, 1.165) is 34.9 Å². The molecule has 0 unspecified atom stereocenters. The Hall–Kier alpha value is -3.88. The number of likely N-dealkylation sites (tertiary alicyclic amines) is 1. The molecule has 0 radical (unpaired) electrons. The number of carbonyl (C=O) groups is 1. The van der Waals surface area contributed by atoms with Gasteiger partial charge < -0.3 is 29.5 Å². The molecule has 1 N–H and O–H groups in total. The van der Waals surface area contributed by atoms with Crippen LogP contribution >= 0.6 is 0 Å². The molecule has 1 aromatic carbocycles. The Balaban J connectivity index is 1.19. The first kappa shape index (κ1) is 31.7. The van der Waals surface area contributed by atoms with E-state index in [9.17, 15) is 17.6 Å². The number of nitrogens with one attached hydrogen (secondary N) is 1. The summed E-state index contributed by atoms with van der Waals surface area (Å²) in [6.07, 6.45) is 5.53. The summed E-state index contributed by atoms with van der Waals surface area (Å²) in [6, 6.07) is 7.74. The Labute approximate surface area is 273 Å². The molecule has 0 aliphatic carbocycles. The summed E-state index contributed by atoms with van der Waals surface area (Å²) in [6.45, 7) is 6.83. The Morgan fingerprint density at radius 3 is 2.72 bits per heavy atom. The predicted molar refractivity (Wildman–Crippen MR) is 178 cm³/mol. The first-order chi connectivity index (χ1) is 22.8. The van der Waals surface area contributed by atoms with Crippen molar-refractivity contribution in [3.05, 3.63) is 54.9 Å². The van der Waals surface area contributed by atoms with Crippen molar-refractivity contribution in [2.45, 2.75) is 42.8 Å². The van der Waals surface area contributed by atoms with E-state index in [0.29, 0.717) is 50.2 Å². The molecule has 2 aromatic heterocycles. The summed E-state index contributed by atoms with van der Waals surface area (Å²) in [4.78, 5) is 32.5. The van der Waals surface area contributed by atoms with Gasteiger partial charge in [0.15, 0.2) is 9.84 Å². The lowest BCUT2D eigenvalue weighted by molar-refractivity contribution is -0.126. The minimum absolute atomic E-state index is 0.000569. The van der Waals surface area contributed by atoms with Crippen molar-refractivity contribution in [1.82, 2.24) is 19.9 Å². The molecule has 7 rings (SSSR count). The molecule has 0 spiro atoms. The van der Waals surface area contributed by atoms with Gasteiger partial charge in [-0.25, -0.2) is 22.8 Å². The minimum atomic E-state index is -3.17. The van der Waals surface area contributed by atoms with Crippen LogP contribution in [-0.4, -0.2) is 111 Å². The number of piperidine rings is 1. The van der Waals surface area contributed by atoms with Gasteiger partial charge in [-0.05, 0) is 54.5 Å². The fourth-order valence-corrected chi connectivity index (χ4v) is 9.10. The second kappa shape index (κ2) is 13.0. The van der Waals surface area contributed by atoms with Crippen molar-refractivity contribution in [2.24, 2.45) is 5.92 Å². The lowest BCUT2D eigenvalue weighted by atomic mass is 9.92. The highest BCUT2D eigenvalue weighted by Crippen LogP contribution is 2.42. The number of amides is 1. The third-order valence-electron chi connectivity index (χ3n) is 9.98. The van der Waals surface area contributed by atoms with Gasteiger partial charge in [0.05, 0.1) is 42.9 Å². The maximum Gasteiger partial charge on any atom is 0.246 e. The number of carbonyl (C=O) groups excluding carboxylic acids is 1. The maximum atomic E-state index is 14.6. The van der Waals surface area contributed by atoms with E-state index in [1.165, 1.54) is 13.2 Å². The normalized spacial score (nSPS) is 26.3. The van der Waals surface area contributed by atoms with Crippen molar-refractivity contribution in [2.75, 3.05) is 73.9 Å². The second-order valence-electron chi connectivity index (χ2n) is 12.7. The zero-order valence-electron chi connectivity index (χ0n) is 26.4. The molecule has 12 nitrogen and oxygen atoms in total. The number of nitrogens with zero attached hydrogens (tertiary/aromatic N) is 6. The fourth-order valence-electron chi connectivity index (χ4n) is 7.39. The Morgan fingerprint density at radius 2 is 1.96 bits per heavy atom. The summed E-state index contributed by atoms with van der Waals surface area (Å²) < 4.78 is 50.8. The van der Waals surface area contributed by atoms with Crippen molar-refractivity contribution in [3.63, 3.8) is 0 Å². The summed E-state index contributed by atoms with van der Waals surface area (Å²) in [5.74, 6) is 1.49. The molecule has 6 heterocycles. The van der Waals surface area contributed by atoms with E-state index in [1.54, 1.807) is 12.3 Å². The van der Waals surface area contributed by atoms with Crippen molar-refractivity contribution >= 4 is 49.8 Å². The number of hydrogen-bond donors (Lipinski definition) is 1. The number of aromatic nitrogens is 3. The van der Waals surface area contributed by atoms with E-state index in [2.05, 4.69) is 38.9 Å². The molecule has 4 aliphatic rings. The SMILES string of the molecule is C=CC(=O)N1CCC[C@H]1c1ccc(N2CC([C@@H]3COCCS3(=O)=O)C2)c2cnc(Nc3ccnc(N4CC[C@@H](OC)[C@@H](F)C4)n3)cc12. The Morgan fingerprint density at radius 1 is 1.11 bits per heavy atom. The second-order valence-corrected chi connectivity index (χ2v) is 15.1. The van der Waals surface area contributed by atoms with Crippen LogP contribution in [0.2, 0.25) is 0 Å². The highest BCUT2D eigenvalue weighted by molar-refractivity contribution is 7.92. The van der Waals surface area contributed by atoms with Crippen LogP contribution in [0.1, 0.15) is 30.9 Å². The molecule has 250 valence electrons. The van der Waals surface area contributed by atoms with Crippen LogP contribution in [0.5, 0.6) is 0 Å². The highest BCUT2D eigenvalue weighted by atomic mass is 32.2. The van der Waals surface area contributed by atoms with Crippen LogP contribution in [0.25, 0.3) is 10.8 Å². The molecule has 14 heteroatoms. The first-order valence-corrected chi connectivity index (χ1v) is 17.9. The predicted octanol–water partition coefficient (Wildman–Crippen LogP) is 3.43. The van der Waals surface area contributed by atoms with Crippen LogP contribution in [0, 0.1) is 5.92 Å². The van der Waals surface area contributed by atoms with E-state index < -0.39 is 27.4 Å². The summed E-state index contributed by atoms with van der Waals surface area (Å²) in [5.41, 5.74) is 1.98. The summed E-state index contributed by atoms with van der Waals surface area (Å²) in [5, 5.41) is 4.69. The molecular weight excluding hydrogens is 625 g/mol. The number of benzene rings is 1. The average Bonchev–Trinajstić information content (AvgIpc) is 3.54. The summed E-state index contributed by atoms with van der Waals surface area (Å²) in [7, 11) is -1.65. The number of alkyl halides is 1. The molecule has 0 saturated carbocycles. The van der Waals surface area contributed by atoms with Crippen LogP contribution in [0.4, 0.5) is 27.7 Å². The number of sulfone groups is 1. The largest absolute Gasteiger partial charge is 0.379 e. The molecule has 4 fully saturated rings. The quantitative estimate of drug-likeness (QED) is 0.355. The zero-order valence-corrected chi connectivity index (χ0v) is 27.2. The van der Waals surface area contributed by atoms with Gasteiger partial charge in [-0.15, -0.1) is 0 Å². The fraction of sp³-hybridized carbons (Fsp3) is 0.515. The van der Waals surface area contributed by atoms with Gasteiger partial charge >= 0.3 is 0 Å². The van der Waals surface area contributed by atoms with E-state index >= 15 is 0 Å². The van der Waals surface area contributed by atoms with Gasteiger partial charge in [0.2, 0.25) is 11.9 Å². The molecular formula is C33H40FN7O5S. The van der Waals surface area contributed by atoms with Crippen LogP contribution in [-0.2, 0) is 24.1 Å². The molecule has 3 aromatic rings. The number of hydrogen-bond acceptors (Lipinski definition) is 11. The van der Waals surface area contributed by atoms with Crippen molar-refractivity contribution in [3.8, 4) is 0 Å². The molecule has 4 atom stereocenters. The van der Waals surface area contributed by atoms with Crippen LogP contribution in [0.3, 0.4) is 0 Å². The molecule has 4 aliphatic heterocycles. The van der Waals surface area contributed by atoms with Crippen molar-refractivity contribution < 1.29 is 27.1 Å². The maximum absolute atomic E-state index is 14.6. The van der Waals surface area contributed by atoms with Gasteiger partial charge in [-0.1, -0.05) is 12.6 Å². The smallest absolute Gasteiger partial charge is 0.246 e. The van der Waals surface area contributed by atoms with Crippen molar-refractivity contribution in [1.29, 1.82) is 0 Å². The number of methoxy groups -OCH3 is 1. The Kier molecular flexibility index (Phi) is 8.75. The number of ether oxygens (including phenoxy) is 2. The lowest BCUT2D eigenvalue weighted by Gasteiger charge is -2.45. The minimum Gasteiger partial charge on any atom is -0.379 e. The number of rotatable bonds is 8. The number of anilines is 4. The lowest BCUT2D eigenvalue weighted by Crippen LogP contribution is -2.57. The average molecular weight is 666 g/mol. The molecule has 0 bridgehead atoms. The third-order valence-corrected chi connectivity index (χ3v) is 12.2. The van der Waals surface area contributed by atoms with Gasteiger partial charge in [-0.2, -0.15) is 4.98 Å². The standard InChI is InChI=1S/C33H40FN7O5S/c1-3-32(42)41-11-4-5-27(41)22-6-7-26(40-17-21(18-40)29-20-46-13-14-47(29,43)44)24-16-36-31(15-23(22)24)37-30-8-10-35-33(38-30)39-12-9-28(45-2)25(34)19-39/h3,6-8,10,15-16,21,25,27-29H,1,4-5,9,11-14,17-20H2,2H3,(H,35,36,37,38)/t25-,27-,28+,29-/m0/s1. The Bertz CT molecular complexity index is 1770. The number of pyridine rings is 1. The topological polar surface area (TPSA) is 130 Å². The third kappa shape index (κ3) is 6.14. The molecule has 47 heavy (non-hydrogen) atoms.